The molecule has 2 aliphatic rings. The van der Waals surface area contributed by atoms with Gasteiger partial charge in [0.05, 0.1) is 17.7 Å². The number of carbonyl (C=O) groups is 1. The summed E-state index contributed by atoms with van der Waals surface area (Å²) >= 11 is 1.63. The van der Waals surface area contributed by atoms with Gasteiger partial charge in [-0.3, -0.25) is 9.69 Å². The van der Waals surface area contributed by atoms with Crippen molar-refractivity contribution in [3.63, 3.8) is 0 Å². The highest BCUT2D eigenvalue weighted by Gasteiger charge is 2.34. The van der Waals surface area contributed by atoms with E-state index in [9.17, 15) is 4.79 Å². The normalized spacial score (nSPS) is 18.2. The molecule has 4 nitrogen and oxygen atoms in total. The highest BCUT2D eigenvalue weighted by Crippen LogP contribution is 2.38. The standard InChI is InChI=1S/C15H16N2O2S/c18-15(16-7-12-2-1-5-19-12)13-6-10-8-17(11-3-4-11)9-14(10)20-13/h1-2,5-6,11H,3-4,7-9H2,(H,16,18). The summed E-state index contributed by atoms with van der Waals surface area (Å²) < 4.78 is 5.21. The number of hydrogen-bond donors (Lipinski definition) is 1. The second-order valence-corrected chi connectivity index (χ2v) is 6.59. The zero-order chi connectivity index (χ0) is 13.5. The third-order valence-corrected chi connectivity index (χ3v) is 5.07. The third kappa shape index (κ3) is 2.27. The van der Waals surface area contributed by atoms with Crippen LogP contribution >= 0.6 is 11.3 Å². The van der Waals surface area contributed by atoms with E-state index in [4.69, 9.17) is 4.42 Å². The monoisotopic (exact) mass is 288 g/mol. The molecule has 1 aliphatic carbocycles. The fourth-order valence-corrected chi connectivity index (χ4v) is 3.79. The summed E-state index contributed by atoms with van der Waals surface area (Å²) in [5.41, 5.74) is 1.34. The van der Waals surface area contributed by atoms with Crippen molar-refractivity contribution in [1.29, 1.82) is 0 Å². The number of furan rings is 1. The lowest BCUT2D eigenvalue weighted by molar-refractivity contribution is 0.0952. The van der Waals surface area contributed by atoms with Crippen LogP contribution in [0.2, 0.25) is 0 Å². The van der Waals surface area contributed by atoms with Gasteiger partial charge in [-0.1, -0.05) is 0 Å². The van der Waals surface area contributed by atoms with E-state index in [1.54, 1.807) is 17.6 Å². The minimum absolute atomic E-state index is 0.00114. The maximum Gasteiger partial charge on any atom is 0.261 e. The maximum absolute atomic E-state index is 12.1. The minimum Gasteiger partial charge on any atom is -0.467 e. The first-order valence-corrected chi connectivity index (χ1v) is 7.77. The zero-order valence-corrected chi connectivity index (χ0v) is 11.9. The van der Waals surface area contributed by atoms with Crippen LogP contribution in [0, 0.1) is 0 Å². The predicted octanol–water partition coefficient (Wildman–Crippen LogP) is 2.75. The van der Waals surface area contributed by atoms with E-state index in [-0.39, 0.29) is 5.91 Å². The van der Waals surface area contributed by atoms with Gasteiger partial charge in [0.1, 0.15) is 5.76 Å². The number of carbonyl (C=O) groups excluding carboxylic acids is 1. The molecule has 1 amide bonds. The lowest BCUT2D eigenvalue weighted by atomic mass is 10.3. The number of nitrogens with zero attached hydrogens (tertiary/aromatic N) is 1. The molecule has 0 bridgehead atoms. The van der Waals surface area contributed by atoms with E-state index in [1.807, 2.05) is 12.1 Å². The van der Waals surface area contributed by atoms with Crippen molar-refractivity contribution in [2.75, 3.05) is 0 Å². The Balaban J connectivity index is 1.40. The zero-order valence-electron chi connectivity index (χ0n) is 11.1. The molecule has 1 fully saturated rings. The van der Waals surface area contributed by atoms with E-state index < -0.39 is 0 Å². The van der Waals surface area contributed by atoms with Gasteiger partial charge in [-0.25, -0.2) is 0 Å². The molecule has 0 unspecified atom stereocenters. The van der Waals surface area contributed by atoms with Crippen LogP contribution in [0.5, 0.6) is 0 Å². The van der Waals surface area contributed by atoms with Crippen LogP contribution in [0.15, 0.2) is 28.9 Å². The predicted molar refractivity (Wildman–Crippen MR) is 76.5 cm³/mol. The molecule has 0 aromatic carbocycles. The summed E-state index contributed by atoms with van der Waals surface area (Å²) in [4.78, 5) is 16.8. The number of nitrogens with one attached hydrogen (secondary N) is 1. The summed E-state index contributed by atoms with van der Waals surface area (Å²) in [5, 5.41) is 2.90. The first kappa shape index (κ1) is 12.2. The van der Waals surface area contributed by atoms with Crippen LogP contribution in [-0.2, 0) is 19.6 Å². The Morgan fingerprint density at radius 2 is 2.35 bits per heavy atom. The molecule has 0 atom stereocenters. The number of thiophene rings is 1. The maximum atomic E-state index is 12.1. The van der Waals surface area contributed by atoms with Gasteiger partial charge in [0.2, 0.25) is 0 Å². The summed E-state index contributed by atoms with van der Waals surface area (Å²) in [5.74, 6) is 0.779. The van der Waals surface area contributed by atoms with Gasteiger partial charge in [0.25, 0.3) is 5.91 Å². The second-order valence-electron chi connectivity index (χ2n) is 5.46. The molecule has 20 heavy (non-hydrogen) atoms. The van der Waals surface area contributed by atoms with Crippen LogP contribution in [0.25, 0.3) is 0 Å². The number of amides is 1. The van der Waals surface area contributed by atoms with Crippen LogP contribution < -0.4 is 5.32 Å². The summed E-state index contributed by atoms with van der Waals surface area (Å²) in [6, 6.07) is 6.54. The fourth-order valence-electron chi connectivity index (χ4n) is 2.67. The van der Waals surface area contributed by atoms with Crippen molar-refractivity contribution >= 4 is 17.2 Å². The fraction of sp³-hybridized carbons (Fsp3) is 0.400. The van der Waals surface area contributed by atoms with Crippen LogP contribution in [0.3, 0.4) is 0 Å². The van der Waals surface area contributed by atoms with Crippen molar-refractivity contribution in [2.24, 2.45) is 0 Å². The van der Waals surface area contributed by atoms with E-state index in [1.165, 1.54) is 23.3 Å². The van der Waals surface area contributed by atoms with Crippen molar-refractivity contribution in [3.8, 4) is 0 Å². The average molecular weight is 288 g/mol. The largest absolute Gasteiger partial charge is 0.467 e. The summed E-state index contributed by atoms with van der Waals surface area (Å²) in [6.45, 7) is 2.49. The van der Waals surface area contributed by atoms with Gasteiger partial charge in [-0.15, -0.1) is 11.3 Å². The first-order valence-electron chi connectivity index (χ1n) is 6.96. The van der Waals surface area contributed by atoms with Crippen LogP contribution in [0.4, 0.5) is 0 Å². The Morgan fingerprint density at radius 3 is 3.05 bits per heavy atom. The third-order valence-electron chi connectivity index (χ3n) is 3.91. The first-order chi connectivity index (χ1) is 9.79. The SMILES string of the molecule is O=C(NCc1ccco1)c1cc2c(s1)CN(C1CC1)C2. The van der Waals surface area contributed by atoms with Gasteiger partial charge < -0.3 is 9.73 Å². The molecule has 104 valence electrons. The minimum atomic E-state index is -0.00114. The van der Waals surface area contributed by atoms with E-state index in [0.717, 1.165) is 29.8 Å². The van der Waals surface area contributed by atoms with Gasteiger partial charge in [0.15, 0.2) is 0 Å². The highest BCUT2D eigenvalue weighted by atomic mass is 32.1. The Morgan fingerprint density at radius 1 is 1.45 bits per heavy atom. The summed E-state index contributed by atoms with van der Waals surface area (Å²) in [6.07, 6.45) is 4.30. The second kappa shape index (κ2) is 4.75. The molecule has 0 radical (unpaired) electrons. The average Bonchev–Trinajstić information content (AvgIpc) is 2.88. The van der Waals surface area contributed by atoms with E-state index in [2.05, 4.69) is 16.3 Å². The number of hydrogen-bond acceptors (Lipinski definition) is 4. The molecule has 4 rings (SSSR count). The topological polar surface area (TPSA) is 45.5 Å². The molecule has 1 saturated carbocycles. The Bertz CT molecular complexity index is 605. The van der Waals surface area contributed by atoms with Gasteiger partial charge in [-0.2, -0.15) is 0 Å². The van der Waals surface area contributed by atoms with Gasteiger partial charge in [-0.05, 0) is 36.6 Å². The quantitative estimate of drug-likeness (QED) is 0.941. The molecule has 1 aliphatic heterocycles. The lowest BCUT2D eigenvalue weighted by Gasteiger charge is -2.12. The number of rotatable bonds is 4. The molecule has 1 N–H and O–H groups in total. The van der Waals surface area contributed by atoms with Gasteiger partial charge >= 0.3 is 0 Å². The van der Waals surface area contributed by atoms with Crippen molar-refractivity contribution in [3.05, 3.63) is 45.5 Å². The van der Waals surface area contributed by atoms with E-state index >= 15 is 0 Å². The number of fused-ring (bicyclic) bond motifs is 1. The Hall–Kier alpha value is -1.59. The lowest BCUT2D eigenvalue weighted by Crippen LogP contribution is -2.22. The molecular formula is C15H16N2O2S. The smallest absolute Gasteiger partial charge is 0.261 e. The van der Waals surface area contributed by atoms with Crippen LogP contribution in [-0.4, -0.2) is 16.8 Å². The highest BCUT2D eigenvalue weighted by molar-refractivity contribution is 7.14. The van der Waals surface area contributed by atoms with Gasteiger partial charge in [0, 0.05) is 24.0 Å². The van der Waals surface area contributed by atoms with Crippen LogP contribution in [0.1, 0.15) is 38.7 Å². The summed E-state index contributed by atoms with van der Waals surface area (Å²) in [7, 11) is 0. The van der Waals surface area contributed by atoms with Crippen molar-refractivity contribution in [1.82, 2.24) is 10.2 Å². The molecule has 2 aromatic rings. The Labute approximate surface area is 121 Å². The molecule has 5 heteroatoms. The molecular weight excluding hydrogens is 272 g/mol. The van der Waals surface area contributed by atoms with E-state index in [0.29, 0.717) is 6.54 Å². The molecule has 3 heterocycles. The Kier molecular flexibility index (Phi) is 2.89. The molecule has 2 aromatic heterocycles. The van der Waals surface area contributed by atoms with Crippen molar-refractivity contribution in [2.45, 2.75) is 38.5 Å². The molecule has 0 spiro atoms. The van der Waals surface area contributed by atoms with Crippen molar-refractivity contribution < 1.29 is 9.21 Å². The molecule has 0 saturated heterocycles.